The molecule has 2 atom stereocenters. The lowest BCUT2D eigenvalue weighted by molar-refractivity contribution is -0.404. The second-order valence-electron chi connectivity index (χ2n) is 6.61. The molecule has 0 aliphatic carbocycles. The summed E-state index contributed by atoms with van der Waals surface area (Å²) in [6, 6.07) is 0. The summed E-state index contributed by atoms with van der Waals surface area (Å²) < 4.78 is 0. The SMILES string of the molecule is C=CC(C)(O)C/C=C/C(C)(C)OOC(O)CCCCCCC. The monoisotopic (exact) mass is 314 g/mol. The highest BCUT2D eigenvalue weighted by molar-refractivity contribution is 5.03. The molecule has 4 heteroatoms. The molecule has 4 nitrogen and oxygen atoms in total. The predicted octanol–water partition coefficient (Wildman–Crippen LogP) is 4.28. The Morgan fingerprint density at radius 1 is 1.14 bits per heavy atom. The number of rotatable bonds is 13. The van der Waals surface area contributed by atoms with Gasteiger partial charge in [-0.25, -0.2) is 9.78 Å². The van der Waals surface area contributed by atoms with Crippen LogP contribution in [0, 0.1) is 0 Å². The van der Waals surface area contributed by atoms with Crippen molar-refractivity contribution in [3.63, 3.8) is 0 Å². The Morgan fingerprint density at radius 3 is 2.36 bits per heavy atom. The molecule has 0 saturated heterocycles. The van der Waals surface area contributed by atoms with Gasteiger partial charge in [-0.1, -0.05) is 50.8 Å². The quantitative estimate of drug-likeness (QED) is 0.175. The zero-order valence-corrected chi connectivity index (χ0v) is 14.7. The predicted molar refractivity (Wildman–Crippen MR) is 90.2 cm³/mol. The third-order valence-corrected chi connectivity index (χ3v) is 3.42. The first kappa shape index (κ1) is 21.3. The van der Waals surface area contributed by atoms with Crippen molar-refractivity contribution in [1.29, 1.82) is 0 Å². The largest absolute Gasteiger partial charge is 0.386 e. The van der Waals surface area contributed by atoms with Crippen molar-refractivity contribution in [2.45, 2.75) is 90.1 Å². The third kappa shape index (κ3) is 11.9. The van der Waals surface area contributed by atoms with Crippen LogP contribution in [0.15, 0.2) is 24.8 Å². The molecule has 0 aliphatic rings. The molecule has 0 aliphatic heterocycles. The van der Waals surface area contributed by atoms with Gasteiger partial charge in [0.15, 0.2) is 6.29 Å². The van der Waals surface area contributed by atoms with Gasteiger partial charge in [-0.05, 0) is 33.6 Å². The van der Waals surface area contributed by atoms with Gasteiger partial charge >= 0.3 is 0 Å². The molecule has 0 heterocycles. The van der Waals surface area contributed by atoms with Gasteiger partial charge in [-0.2, -0.15) is 0 Å². The summed E-state index contributed by atoms with van der Waals surface area (Å²) >= 11 is 0. The molecule has 22 heavy (non-hydrogen) atoms. The summed E-state index contributed by atoms with van der Waals surface area (Å²) in [6.45, 7) is 11.1. The molecule has 0 bridgehead atoms. The average Bonchev–Trinajstić information content (AvgIpc) is 2.44. The van der Waals surface area contributed by atoms with Crippen LogP contribution in [0.25, 0.3) is 0 Å². The molecule has 0 rings (SSSR count). The van der Waals surface area contributed by atoms with Crippen molar-refractivity contribution in [3.8, 4) is 0 Å². The van der Waals surface area contributed by atoms with Crippen molar-refractivity contribution >= 4 is 0 Å². The van der Waals surface area contributed by atoms with E-state index in [4.69, 9.17) is 9.78 Å². The van der Waals surface area contributed by atoms with Crippen LogP contribution in [0.3, 0.4) is 0 Å². The summed E-state index contributed by atoms with van der Waals surface area (Å²) in [5.74, 6) is 0. The highest BCUT2D eigenvalue weighted by Crippen LogP contribution is 2.17. The first-order valence-electron chi connectivity index (χ1n) is 8.28. The summed E-state index contributed by atoms with van der Waals surface area (Å²) in [5, 5.41) is 19.6. The molecule has 2 N–H and O–H groups in total. The van der Waals surface area contributed by atoms with Crippen LogP contribution in [-0.4, -0.2) is 27.7 Å². The number of hydrogen-bond acceptors (Lipinski definition) is 4. The Morgan fingerprint density at radius 2 is 1.77 bits per heavy atom. The van der Waals surface area contributed by atoms with Crippen molar-refractivity contribution < 1.29 is 20.0 Å². The molecular formula is C18H34O4. The number of aliphatic hydroxyl groups is 2. The lowest BCUT2D eigenvalue weighted by Gasteiger charge is -2.22. The minimum absolute atomic E-state index is 0.448. The van der Waals surface area contributed by atoms with E-state index >= 15 is 0 Å². The molecule has 0 aromatic rings. The molecule has 0 amide bonds. The van der Waals surface area contributed by atoms with Gasteiger partial charge in [-0.3, -0.25) is 0 Å². The maximum absolute atomic E-state index is 9.82. The van der Waals surface area contributed by atoms with Gasteiger partial charge in [-0.15, -0.1) is 6.58 Å². The van der Waals surface area contributed by atoms with Crippen LogP contribution in [0.5, 0.6) is 0 Å². The summed E-state index contributed by atoms with van der Waals surface area (Å²) in [4.78, 5) is 10.3. The van der Waals surface area contributed by atoms with Crippen LogP contribution in [0.1, 0.15) is 72.6 Å². The molecule has 0 aromatic heterocycles. The molecule has 0 spiro atoms. The fraction of sp³-hybridized carbons (Fsp3) is 0.778. The average molecular weight is 314 g/mol. The summed E-state index contributed by atoms with van der Waals surface area (Å²) in [5.41, 5.74) is -1.59. The Balaban J connectivity index is 3.95. The molecule has 0 fully saturated rings. The van der Waals surface area contributed by atoms with E-state index in [0.29, 0.717) is 12.8 Å². The van der Waals surface area contributed by atoms with E-state index in [-0.39, 0.29) is 0 Å². The molecule has 0 aromatic carbocycles. The highest BCUT2D eigenvalue weighted by atomic mass is 17.2. The normalized spacial score (nSPS) is 16.6. The van der Waals surface area contributed by atoms with E-state index in [9.17, 15) is 10.2 Å². The van der Waals surface area contributed by atoms with Crippen molar-refractivity contribution in [1.82, 2.24) is 0 Å². The van der Waals surface area contributed by atoms with Gasteiger partial charge in [0.2, 0.25) is 0 Å². The van der Waals surface area contributed by atoms with Gasteiger partial charge in [0, 0.05) is 6.42 Å². The maximum Gasteiger partial charge on any atom is 0.188 e. The van der Waals surface area contributed by atoms with E-state index < -0.39 is 17.5 Å². The van der Waals surface area contributed by atoms with E-state index in [1.807, 2.05) is 19.9 Å². The fourth-order valence-electron chi connectivity index (χ4n) is 1.84. The standard InChI is InChI=1S/C18H34O4/c1-6-8-9-10-11-13-16(19)21-22-17(3,4)14-12-15-18(5,20)7-2/h7,12,14,16,19-20H,2,6,8-11,13,15H2,1,3-5H3/b14-12+. The second-order valence-corrected chi connectivity index (χ2v) is 6.61. The Labute approximate surface area is 135 Å². The maximum atomic E-state index is 9.82. The minimum atomic E-state index is -0.925. The number of aliphatic hydroxyl groups excluding tert-OH is 1. The van der Waals surface area contributed by atoms with Crippen LogP contribution in [0.4, 0.5) is 0 Å². The minimum Gasteiger partial charge on any atom is -0.386 e. The summed E-state index contributed by atoms with van der Waals surface area (Å²) in [6.07, 6.45) is 10.9. The third-order valence-electron chi connectivity index (χ3n) is 3.42. The van der Waals surface area contributed by atoms with Gasteiger partial charge in [0.1, 0.15) is 5.60 Å². The Bertz CT molecular complexity index is 321. The number of hydrogen-bond donors (Lipinski definition) is 2. The molecule has 130 valence electrons. The van der Waals surface area contributed by atoms with Crippen molar-refractivity contribution in [2.75, 3.05) is 0 Å². The lowest BCUT2D eigenvalue weighted by Crippen LogP contribution is -2.26. The van der Waals surface area contributed by atoms with Crippen LogP contribution < -0.4 is 0 Å². The Hall–Kier alpha value is -0.680. The topological polar surface area (TPSA) is 58.9 Å². The highest BCUT2D eigenvalue weighted by Gasteiger charge is 2.19. The second kappa shape index (κ2) is 10.9. The zero-order valence-electron chi connectivity index (χ0n) is 14.7. The van der Waals surface area contributed by atoms with E-state index in [1.165, 1.54) is 25.3 Å². The molecule has 0 saturated carbocycles. The van der Waals surface area contributed by atoms with E-state index in [2.05, 4.69) is 13.5 Å². The van der Waals surface area contributed by atoms with Gasteiger partial charge in [0.25, 0.3) is 0 Å². The number of unbranched alkanes of at least 4 members (excludes halogenated alkanes) is 4. The van der Waals surface area contributed by atoms with E-state index in [0.717, 1.165) is 12.8 Å². The molecule has 2 unspecified atom stereocenters. The smallest absolute Gasteiger partial charge is 0.188 e. The van der Waals surface area contributed by atoms with Crippen LogP contribution in [0.2, 0.25) is 0 Å². The Kier molecular flexibility index (Phi) is 10.6. The molecular weight excluding hydrogens is 280 g/mol. The van der Waals surface area contributed by atoms with Gasteiger partial charge < -0.3 is 10.2 Å². The lowest BCUT2D eigenvalue weighted by atomic mass is 10.0. The summed E-state index contributed by atoms with van der Waals surface area (Å²) in [7, 11) is 0. The first-order chi connectivity index (χ1) is 10.2. The fourth-order valence-corrected chi connectivity index (χ4v) is 1.84. The van der Waals surface area contributed by atoms with E-state index in [1.54, 1.807) is 13.0 Å². The molecule has 0 radical (unpaired) electrons. The van der Waals surface area contributed by atoms with Crippen molar-refractivity contribution in [2.24, 2.45) is 0 Å². The van der Waals surface area contributed by atoms with Crippen molar-refractivity contribution in [3.05, 3.63) is 24.8 Å². The first-order valence-corrected chi connectivity index (χ1v) is 8.28. The zero-order chi connectivity index (χ0) is 17.1. The van der Waals surface area contributed by atoms with Crippen LogP contribution in [-0.2, 0) is 9.78 Å². The van der Waals surface area contributed by atoms with Crippen LogP contribution >= 0.6 is 0 Å². The van der Waals surface area contributed by atoms with Gasteiger partial charge in [0.05, 0.1) is 5.60 Å².